The first-order chi connectivity index (χ1) is 12.4. The predicted molar refractivity (Wildman–Crippen MR) is 92.8 cm³/mol. The molecule has 8 heteroatoms. The second-order valence-electron chi connectivity index (χ2n) is 7.07. The number of carbonyl (C=O) groups excluding carboxylic acids is 1. The number of sulfonamides is 1. The molecule has 0 unspecified atom stereocenters. The number of nitrogens with one attached hydrogen (secondary N) is 1. The number of benzene rings is 1. The van der Waals surface area contributed by atoms with Gasteiger partial charge < -0.3 is 4.90 Å². The van der Waals surface area contributed by atoms with Gasteiger partial charge in [-0.15, -0.1) is 0 Å². The minimum Gasteiger partial charge on any atom is -0.340 e. The van der Waals surface area contributed by atoms with Crippen LogP contribution in [0.2, 0.25) is 0 Å². The quantitative estimate of drug-likeness (QED) is 0.868. The van der Waals surface area contributed by atoms with Gasteiger partial charge in [-0.3, -0.25) is 4.79 Å². The zero-order valence-corrected chi connectivity index (χ0v) is 15.3. The summed E-state index contributed by atoms with van der Waals surface area (Å²) in [7, 11) is -3.86. The SMILES string of the molecule is N#CC1(C(=O)N2CCC[C@@H](NS(=O)(=O)c3cccc(F)c3)C2)CCCC1. The maximum Gasteiger partial charge on any atom is 0.243 e. The van der Waals surface area contributed by atoms with Crippen LogP contribution >= 0.6 is 0 Å². The van der Waals surface area contributed by atoms with Crippen LogP contribution in [0.1, 0.15) is 38.5 Å². The third-order valence-corrected chi connectivity index (χ3v) is 6.74. The molecule has 2 aliphatic rings. The lowest BCUT2D eigenvalue weighted by Gasteiger charge is -2.36. The highest BCUT2D eigenvalue weighted by atomic mass is 32.2. The Morgan fingerprint density at radius 2 is 2.04 bits per heavy atom. The lowest BCUT2D eigenvalue weighted by atomic mass is 9.85. The molecular formula is C18H22FN3O3S. The number of nitrogens with zero attached hydrogens (tertiary/aromatic N) is 2. The number of nitriles is 1. The van der Waals surface area contributed by atoms with Crippen molar-refractivity contribution in [3.8, 4) is 6.07 Å². The summed E-state index contributed by atoms with van der Waals surface area (Å²) in [6.07, 6.45) is 4.12. The molecule has 26 heavy (non-hydrogen) atoms. The molecule has 1 aromatic rings. The smallest absolute Gasteiger partial charge is 0.243 e. The normalized spacial score (nSPS) is 22.8. The van der Waals surface area contributed by atoms with Crippen molar-refractivity contribution < 1.29 is 17.6 Å². The lowest BCUT2D eigenvalue weighted by molar-refractivity contribution is -0.140. The van der Waals surface area contributed by atoms with E-state index >= 15 is 0 Å². The molecule has 1 heterocycles. The molecule has 1 saturated heterocycles. The average Bonchev–Trinajstić information content (AvgIpc) is 3.11. The standard InChI is InChI=1S/C18H22FN3O3S/c19-14-5-3-7-16(11-14)26(24,25)21-15-6-4-10-22(12-15)17(23)18(13-20)8-1-2-9-18/h3,5,7,11,15,21H,1-2,4,6,8-10,12H2/t15-/m1/s1. The van der Waals surface area contributed by atoms with Crippen molar-refractivity contribution in [2.45, 2.75) is 49.5 Å². The van der Waals surface area contributed by atoms with Crippen LogP contribution < -0.4 is 4.72 Å². The van der Waals surface area contributed by atoms with E-state index in [0.29, 0.717) is 32.2 Å². The van der Waals surface area contributed by atoms with Crippen molar-refractivity contribution in [1.29, 1.82) is 5.26 Å². The van der Waals surface area contributed by atoms with Crippen molar-refractivity contribution in [3.63, 3.8) is 0 Å². The Morgan fingerprint density at radius 1 is 1.31 bits per heavy atom. The maximum atomic E-state index is 13.3. The molecule has 140 valence electrons. The second-order valence-corrected chi connectivity index (χ2v) is 8.78. The second kappa shape index (κ2) is 7.33. The van der Waals surface area contributed by atoms with E-state index in [1.165, 1.54) is 18.2 Å². The van der Waals surface area contributed by atoms with Gasteiger partial charge in [-0.2, -0.15) is 5.26 Å². The van der Waals surface area contributed by atoms with Crippen LogP contribution in [0.25, 0.3) is 0 Å². The van der Waals surface area contributed by atoms with E-state index in [-0.39, 0.29) is 17.3 Å². The van der Waals surface area contributed by atoms with E-state index in [2.05, 4.69) is 10.8 Å². The van der Waals surface area contributed by atoms with Gasteiger partial charge in [0.05, 0.1) is 11.0 Å². The zero-order valence-electron chi connectivity index (χ0n) is 14.4. The largest absolute Gasteiger partial charge is 0.340 e. The Labute approximate surface area is 153 Å². The van der Waals surface area contributed by atoms with Crippen LogP contribution in [0.5, 0.6) is 0 Å². The molecule has 1 N–H and O–H groups in total. The van der Waals surface area contributed by atoms with Gasteiger partial charge in [0.2, 0.25) is 15.9 Å². The van der Waals surface area contributed by atoms with Gasteiger partial charge in [0.15, 0.2) is 0 Å². The summed E-state index contributed by atoms with van der Waals surface area (Å²) in [5.74, 6) is -0.808. The average molecular weight is 379 g/mol. The van der Waals surface area contributed by atoms with E-state index in [9.17, 15) is 22.9 Å². The number of rotatable bonds is 4. The minimum atomic E-state index is -3.86. The van der Waals surface area contributed by atoms with Gasteiger partial charge in [-0.25, -0.2) is 17.5 Å². The Bertz CT molecular complexity index is 828. The Kier molecular flexibility index (Phi) is 5.30. The van der Waals surface area contributed by atoms with Gasteiger partial charge in [0.1, 0.15) is 11.2 Å². The van der Waals surface area contributed by atoms with E-state index in [1.54, 1.807) is 4.90 Å². The summed E-state index contributed by atoms with van der Waals surface area (Å²) in [6, 6.07) is 6.58. The van der Waals surface area contributed by atoms with Crippen molar-refractivity contribution in [1.82, 2.24) is 9.62 Å². The molecule has 0 bridgehead atoms. The van der Waals surface area contributed by atoms with Crippen LogP contribution in [0.4, 0.5) is 4.39 Å². The summed E-state index contributed by atoms with van der Waals surface area (Å²) in [4.78, 5) is 14.3. The van der Waals surface area contributed by atoms with Crippen LogP contribution in [0.15, 0.2) is 29.2 Å². The Morgan fingerprint density at radius 3 is 2.69 bits per heavy atom. The van der Waals surface area contributed by atoms with Crippen molar-refractivity contribution >= 4 is 15.9 Å². The number of halogens is 1. The van der Waals surface area contributed by atoms with Crippen LogP contribution in [-0.2, 0) is 14.8 Å². The molecule has 1 aliphatic heterocycles. The molecule has 1 aliphatic carbocycles. The molecule has 6 nitrogen and oxygen atoms in total. The Balaban J connectivity index is 1.71. The minimum absolute atomic E-state index is 0.134. The molecule has 1 atom stereocenters. The molecular weight excluding hydrogens is 357 g/mol. The summed E-state index contributed by atoms with van der Waals surface area (Å²) >= 11 is 0. The summed E-state index contributed by atoms with van der Waals surface area (Å²) in [5.41, 5.74) is -0.955. The van der Waals surface area contributed by atoms with Crippen LogP contribution in [-0.4, -0.2) is 38.4 Å². The summed E-state index contributed by atoms with van der Waals surface area (Å²) < 4.78 is 40.8. The fraction of sp³-hybridized carbons (Fsp3) is 0.556. The number of hydrogen-bond donors (Lipinski definition) is 1. The summed E-state index contributed by atoms with van der Waals surface area (Å²) in [5, 5.41) is 9.50. The molecule has 0 radical (unpaired) electrons. The van der Waals surface area contributed by atoms with E-state index in [0.717, 1.165) is 18.9 Å². The molecule has 3 rings (SSSR count). The Hall–Kier alpha value is -1.98. The monoisotopic (exact) mass is 379 g/mol. The van der Waals surface area contributed by atoms with Gasteiger partial charge in [0.25, 0.3) is 0 Å². The fourth-order valence-corrected chi connectivity index (χ4v) is 5.13. The van der Waals surface area contributed by atoms with Crippen molar-refractivity contribution in [3.05, 3.63) is 30.1 Å². The number of likely N-dealkylation sites (tertiary alicyclic amines) is 1. The molecule has 2 fully saturated rings. The first-order valence-corrected chi connectivity index (χ1v) is 10.3. The number of piperidine rings is 1. The highest BCUT2D eigenvalue weighted by molar-refractivity contribution is 7.89. The van der Waals surface area contributed by atoms with Crippen LogP contribution in [0.3, 0.4) is 0 Å². The highest BCUT2D eigenvalue weighted by Crippen LogP contribution is 2.39. The van der Waals surface area contributed by atoms with Gasteiger partial charge in [-0.05, 0) is 43.9 Å². The van der Waals surface area contributed by atoms with Gasteiger partial charge in [-0.1, -0.05) is 18.9 Å². The fourth-order valence-electron chi connectivity index (χ4n) is 3.83. The van der Waals surface area contributed by atoms with E-state index in [4.69, 9.17) is 0 Å². The molecule has 0 spiro atoms. The van der Waals surface area contributed by atoms with Crippen LogP contribution in [0, 0.1) is 22.6 Å². The van der Waals surface area contributed by atoms with Crippen molar-refractivity contribution in [2.24, 2.45) is 5.41 Å². The number of hydrogen-bond acceptors (Lipinski definition) is 4. The molecule has 0 aromatic heterocycles. The third-order valence-electron chi connectivity index (χ3n) is 5.22. The van der Waals surface area contributed by atoms with E-state index in [1.807, 2.05) is 0 Å². The zero-order chi connectivity index (χ0) is 18.8. The topological polar surface area (TPSA) is 90.3 Å². The highest BCUT2D eigenvalue weighted by Gasteiger charge is 2.45. The molecule has 1 saturated carbocycles. The van der Waals surface area contributed by atoms with E-state index < -0.39 is 27.3 Å². The first-order valence-electron chi connectivity index (χ1n) is 8.85. The lowest BCUT2D eigenvalue weighted by Crippen LogP contribution is -2.52. The van der Waals surface area contributed by atoms with Crippen molar-refractivity contribution in [2.75, 3.05) is 13.1 Å². The molecule has 1 amide bonds. The number of amides is 1. The predicted octanol–water partition coefficient (Wildman–Crippen LogP) is 2.18. The van der Waals surface area contributed by atoms with Gasteiger partial charge in [0, 0.05) is 19.1 Å². The third kappa shape index (κ3) is 3.74. The molecule has 1 aromatic carbocycles. The summed E-state index contributed by atoms with van der Waals surface area (Å²) in [6.45, 7) is 0.761. The number of carbonyl (C=O) groups is 1. The first kappa shape index (κ1) is 18.8. The maximum absolute atomic E-state index is 13.3. The van der Waals surface area contributed by atoms with Gasteiger partial charge >= 0.3 is 0 Å².